The second-order valence-corrected chi connectivity index (χ2v) is 9.74. The zero-order valence-electron chi connectivity index (χ0n) is 20.2. The van der Waals surface area contributed by atoms with Crippen LogP contribution < -0.4 is 19.7 Å². The Hall–Kier alpha value is -3.70. The van der Waals surface area contributed by atoms with E-state index in [-0.39, 0.29) is 40.3 Å². The van der Waals surface area contributed by atoms with Gasteiger partial charge in [-0.15, -0.1) is 11.6 Å². The van der Waals surface area contributed by atoms with Crippen LogP contribution in [-0.2, 0) is 16.5 Å². The van der Waals surface area contributed by atoms with Crippen molar-refractivity contribution in [2.45, 2.75) is 22.5 Å². The van der Waals surface area contributed by atoms with Gasteiger partial charge in [0, 0.05) is 36.7 Å². The van der Waals surface area contributed by atoms with Gasteiger partial charge in [0.05, 0.1) is 56.1 Å². The van der Waals surface area contributed by atoms with E-state index in [1.165, 1.54) is 19.2 Å². The van der Waals surface area contributed by atoms with Gasteiger partial charge in [0.15, 0.2) is 11.5 Å². The monoisotopic (exact) mass is 517 g/mol. The number of methoxy groups -OCH3 is 1. The summed E-state index contributed by atoms with van der Waals surface area (Å²) in [5.74, 6) is 0.0326. The second-order valence-electron chi connectivity index (χ2n) is 9.12. The molecule has 0 bridgehead atoms. The van der Waals surface area contributed by atoms with Crippen LogP contribution in [-0.4, -0.2) is 61.9 Å². The first kappa shape index (κ1) is 25.9. The molecular formula is C25H16B4ClN3O5. The van der Waals surface area contributed by atoms with Crippen LogP contribution in [0.1, 0.15) is 27.0 Å². The molecule has 3 aromatic carbocycles. The minimum Gasteiger partial charge on any atom is -0.499 e. The van der Waals surface area contributed by atoms with Gasteiger partial charge < -0.3 is 19.7 Å². The van der Waals surface area contributed by atoms with E-state index < -0.39 is 15.0 Å². The number of nitro groups is 1. The summed E-state index contributed by atoms with van der Waals surface area (Å²) in [5.41, 5.74) is 2.14. The van der Waals surface area contributed by atoms with E-state index in [1.54, 1.807) is 17.0 Å². The Labute approximate surface area is 229 Å². The number of non-ortho nitro benzene ring substituents is 1. The fourth-order valence-electron chi connectivity index (χ4n) is 4.64. The standard InChI is InChI=1S/C25H16B4ClN3O5/c1-37-21-10-18-19(31-12-17-6-13-4-2-3-5-20(13)32(17)23(18)34)11-22(21)38-25(28,29)15-7-14(24(26,27)30)8-16(9-15)33(35)36/h3,5,7-11,17,31H,6,12H2,1H3/t17-/m0/s1. The van der Waals surface area contributed by atoms with Crippen molar-refractivity contribution in [3.05, 3.63) is 87.0 Å². The number of halogens is 1. The molecule has 0 saturated heterocycles. The number of nitro benzene ring substituents is 1. The van der Waals surface area contributed by atoms with Gasteiger partial charge in [0.1, 0.15) is 15.7 Å². The number of hydrogen-bond acceptors (Lipinski definition) is 6. The molecule has 0 aromatic heterocycles. The number of benzene rings is 2. The molecule has 5 rings (SSSR count). The molecular weight excluding hydrogens is 501 g/mol. The number of nitrogens with one attached hydrogen (secondary N) is 1. The van der Waals surface area contributed by atoms with Gasteiger partial charge in [-0.1, -0.05) is 18.2 Å². The van der Waals surface area contributed by atoms with Gasteiger partial charge in [0.25, 0.3) is 11.6 Å². The highest BCUT2D eigenvalue weighted by Crippen LogP contribution is 2.42. The van der Waals surface area contributed by atoms with Gasteiger partial charge in [-0.2, -0.15) is 0 Å². The topological polar surface area (TPSA) is 93.9 Å². The quantitative estimate of drug-likeness (QED) is 0.234. The highest BCUT2D eigenvalue weighted by atomic mass is 35.5. The lowest BCUT2D eigenvalue weighted by molar-refractivity contribution is -0.385. The first-order chi connectivity index (χ1) is 17.9. The van der Waals surface area contributed by atoms with Crippen molar-refractivity contribution in [2.24, 2.45) is 0 Å². The number of alkyl halides is 1. The molecule has 180 valence electrons. The van der Waals surface area contributed by atoms with Crippen LogP contribution in [0.5, 0.6) is 11.5 Å². The number of hydrogen-bond donors (Lipinski definition) is 1. The minimum atomic E-state index is -2.11. The molecule has 13 heteroatoms. The Morgan fingerprint density at radius 2 is 1.89 bits per heavy atom. The number of nitrogens with zero attached hydrogens (tertiary/aromatic N) is 2. The molecule has 38 heavy (non-hydrogen) atoms. The van der Waals surface area contributed by atoms with E-state index in [0.29, 0.717) is 24.2 Å². The lowest BCUT2D eigenvalue weighted by atomic mass is 9.59. The molecule has 8 nitrogen and oxygen atoms in total. The highest BCUT2D eigenvalue weighted by Gasteiger charge is 2.38. The molecule has 0 unspecified atom stereocenters. The summed E-state index contributed by atoms with van der Waals surface area (Å²) in [6, 6.07) is 16.1. The van der Waals surface area contributed by atoms with Crippen LogP contribution in [0.25, 0.3) is 0 Å². The average molecular weight is 517 g/mol. The van der Waals surface area contributed by atoms with Gasteiger partial charge in [-0.25, -0.2) is 0 Å². The third-order valence-electron chi connectivity index (χ3n) is 6.50. The van der Waals surface area contributed by atoms with E-state index in [2.05, 4.69) is 17.4 Å². The lowest BCUT2D eigenvalue weighted by Gasteiger charge is -2.31. The number of ether oxygens (including phenoxy) is 2. The second kappa shape index (κ2) is 9.25. The third-order valence-corrected chi connectivity index (χ3v) is 6.72. The van der Waals surface area contributed by atoms with Gasteiger partial charge in [-0.05, 0) is 34.0 Å². The molecule has 0 fully saturated rings. The largest absolute Gasteiger partial charge is 0.499 e. The smallest absolute Gasteiger partial charge is 0.270 e. The van der Waals surface area contributed by atoms with Crippen LogP contribution >= 0.6 is 11.6 Å². The van der Waals surface area contributed by atoms with Crippen molar-refractivity contribution in [3.8, 4) is 11.5 Å². The van der Waals surface area contributed by atoms with E-state index in [9.17, 15) is 14.9 Å². The fraction of sp³-hybridized carbons (Fsp3) is 0.240. The van der Waals surface area contributed by atoms with Crippen molar-refractivity contribution in [1.29, 1.82) is 0 Å². The predicted molar refractivity (Wildman–Crippen MR) is 146 cm³/mol. The molecule has 0 spiro atoms. The summed E-state index contributed by atoms with van der Waals surface area (Å²) < 4.78 is 9.48. The van der Waals surface area contributed by atoms with Gasteiger partial charge in [0.2, 0.25) is 0 Å². The predicted octanol–water partition coefficient (Wildman–Crippen LogP) is 2.41. The maximum Gasteiger partial charge on any atom is 0.270 e. The van der Waals surface area contributed by atoms with Gasteiger partial charge >= 0.3 is 0 Å². The number of amides is 1. The van der Waals surface area contributed by atoms with Crippen molar-refractivity contribution >= 4 is 66.0 Å². The number of carbonyl (C=O) groups excluding carboxylic acids is 1. The van der Waals surface area contributed by atoms with Crippen LogP contribution in [0, 0.1) is 22.2 Å². The Bertz CT molecular complexity index is 1460. The third kappa shape index (κ3) is 4.56. The minimum absolute atomic E-state index is 0.00381. The molecule has 8 radical (unpaired) electrons. The summed E-state index contributed by atoms with van der Waals surface area (Å²) in [4.78, 5) is 26.2. The first-order valence-corrected chi connectivity index (χ1v) is 11.8. The van der Waals surface area contributed by atoms with Crippen molar-refractivity contribution in [3.63, 3.8) is 0 Å². The van der Waals surface area contributed by atoms with Crippen LogP contribution in [0.4, 0.5) is 17.1 Å². The molecule has 2 aliphatic rings. The van der Waals surface area contributed by atoms with Crippen LogP contribution in [0.3, 0.4) is 0 Å². The van der Waals surface area contributed by atoms with Gasteiger partial charge in [-0.3, -0.25) is 14.9 Å². The van der Waals surface area contributed by atoms with Crippen molar-refractivity contribution in [1.82, 2.24) is 0 Å². The fourth-order valence-corrected chi connectivity index (χ4v) is 4.75. The SMILES string of the molecule is [B]C([B])(Cl)c1cc([N+](=O)[O-])cc(C([B])([B])Oc2cc3c(cc2OC)C(=O)N2c4ccc#cc4C[C@H]2CN3)c1. The number of fused-ring (bicyclic) bond motifs is 4. The molecule has 3 aromatic rings. The molecule has 0 saturated carbocycles. The molecule has 0 aliphatic carbocycles. The summed E-state index contributed by atoms with van der Waals surface area (Å²) in [5, 5.41) is 12.7. The Morgan fingerprint density at radius 3 is 2.58 bits per heavy atom. The summed E-state index contributed by atoms with van der Waals surface area (Å²) in [7, 11) is 25.4. The summed E-state index contributed by atoms with van der Waals surface area (Å²) in [6.07, 6.45) is 0.633. The molecule has 2 heterocycles. The van der Waals surface area contributed by atoms with E-state index in [4.69, 9.17) is 52.5 Å². The molecule has 1 N–H and O–H groups in total. The van der Waals surface area contributed by atoms with Crippen LogP contribution in [0.2, 0.25) is 0 Å². The highest BCUT2D eigenvalue weighted by molar-refractivity contribution is 6.61. The molecule has 1 atom stereocenters. The summed E-state index contributed by atoms with van der Waals surface area (Å²) >= 11 is 5.99. The Morgan fingerprint density at radius 1 is 1.16 bits per heavy atom. The average Bonchev–Trinajstić information content (AvgIpc) is 3.18. The van der Waals surface area contributed by atoms with Crippen molar-refractivity contribution < 1.29 is 19.2 Å². The Balaban J connectivity index is 1.53. The van der Waals surface area contributed by atoms with E-state index in [0.717, 1.165) is 23.4 Å². The molecule has 1 amide bonds. The van der Waals surface area contributed by atoms with Crippen LogP contribution in [0.15, 0.2) is 42.5 Å². The maximum atomic E-state index is 13.6. The normalized spacial score (nSPS) is 16.3. The first-order valence-electron chi connectivity index (χ1n) is 11.4. The number of carbonyl (C=O) groups is 1. The maximum absolute atomic E-state index is 13.6. The lowest BCUT2D eigenvalue weighted by Crippen LogP contribution is -2.39. The molecule has 2 aliphatic heterocycles. The zero-order chi connectivity index (χ0) is 27.4. The van der Waals surface area contributed by atoms with E-state index >= 15 is 0 Å². The number of rotatable bonds is 6. The number of anilines is 2. The zero-order valence-corrected chi connectivity index (χ0v) is 20.9. The Kier molecular flexibility index (Phi) is 6.31. The van der Waals surface area contributed by atoms with E-state index in [1.807, 2.05) is 6.07 Å². The van der Waals surface area contributed by atoms with Crippen molar-refractivity contribution in [2.75, 3.05) is 23.9 Å². The summed E-state index contributed by atoms with van der Waals surface area (Å²) in [6.45, 7) is 0.461.